The van der Waals surface area contributed by atoms with Gasteiger partial charge in [0.25, 0.3) is 0 Å². The number of para-hydroxylation sites is 2. The van der Waals surface area contributed by atoms with Gasteiger partial charge in [-0.25, -0.2) is 0 Å². The summed E-state index contributed by atoms with van der Waals surface area (Å²) in [6.45, 7) is 0. The Morgan fingerprint density at radius 3 is 1.43 bits per heavy atom. The van der Waals surface area contributed by atoms with Gasteiger partial charge in [-0.1, -0.05) is 47.5 Å². The molecule has 0 bridgehead atoms. The standard InChI is InChI=1S/C22H16Cl2N4/c23-19-9-1-3-11-21(19)27-13-5-7-17(27)15-25-26-16-18-8-6-14-28(18)22-12-4-2-10-20(22)24/h1-16H/b25-15-,26-16+. The molecule has 4 aromatic rings. The Balaban J connectivity index is 1.56. The monoisotopic (exact) mass is 406 g/mol. The molecule has 0 unspecified atom stereocenters. The maximum Gasteiger partial charge on any atom is 0.0736 e. The molecule has 2 heterocycles. The zero-order chi connectivity index (χ0) is 19.3. The van der Waals surface area contributed by atoms with Crippen LogP contribution < -0.4 is 0 Å². The fourth-order valence-corrected chi connectivity index (χ4v) is 3.37. The van der Waals surface area contributed by atoms with Crippen molar-refractivity contribution in [3.8, 4) is 11.4 Å². The van der Waals surface area contributed by atoms with E-state index in [9.17, 15) is 0 Å². The SMILES string of the molecule is Clc1ccccc1-n1cccc1/C=N\N=C\c1cccn1-c1ccccc1Cl. The van der Waals surface area contributed by atoms with Gasteiger partial charge in [0.15, 0.2) is 0 Å². The number of benzene rings is 2. The molecule has 0 radical (unpaired) electrons. The molecule has 0 aliphatic heterocycles. The van der Waals surface area contributed by atoms with Crippen LogP contribution in [0.15, 0.2) is 95.4 Å². The van der Waals surface area contributed by atoms with Gasteiger partial charge in [0.05, 0.1) is 45.2 Å². The second kappa shape index (κ2) is 8.30. The fraction of sp³-hybridized carbons (Fsp3) is 0. The highest BCUT2D eigenvalue weighted by Crippen LogP contribution is 2.22. The van der Waals surface area contributed by atoms with Crippen LogP contribution >= 0.6 is 23.2 Å². The highest BCUT2D eigenvalue weighted by atomic mass is 35.5. The third kappa shape index (κ3) is 3.79. The van der Waals surface area contributed by atoms with E-state index in [0.29, 0.717) is 10.0 Å². The van der Waals surface area contributed by atoms with E-state index in [4.69, 9.17) is 23.2 Å². The van der Waals surface area contributed by atoms with Gasteiger partial charge in [-0.2, -0.15) is 10.2 Å². The van der Waals surface area contributed by atoms with Gasteiger partial charge < -0.3 is 9.13 Å². The first-order chi connectivity index (χ1) is 13.7. The van der Waals surface area contributed by atoms with Gasteiger partial charge in [-0.05, 0) is 48.5 Å². The maximum absolute atomic E-state index is 6.30. The summed E-state index contributed by atoms with van der Waals surface area (Å²) in [7, 11) is 0. The van der Waals surface area contributed by atoms with Crippen molar-refractivity contribution in [1.82, 2.24) is 9.13 Å². The Morgan fingerprint density at radius 1 is 0.571 bits per heavy atom. The molecule has 0 aliphatic rings. The van der Waals surface area contributed by atoms with E-state index in [1.165, 1.54) is 0 Å². The van der Waals surface area contributed by atoms with E-state index < -0.39 is 0 Å². The fourth-order valence-electron chi connectivity index (χ4n) is 2.92. The van der Waals surface area contributed by atoms with E-state index in [0.717, 1.165) is 22.8 Å². The molecule has 138 valence electrons. The van der Waals surface area contributed by atoms with Crippen LogP contribution in [0.2, 0.25) is 10.0 Å². The highest BCUT2D eigenvalue weighted by molar-refractivity contribution is 6.32. The van der Waals surface area contributed by atoms with Crippen LogP contribution in [0.4, 0.5) is 0 Å². The normalized spacial score (nSPS) is 11.6. The average molecular weight is 407 g/mol. The smallest absolute Gasteiger partial charge is 0.0736 e. The van der Waals surface area contributed by atoms with E-state index >= 15 is 0 Å². The molecule has 0 amide bonds. The number of rotatable bonds is 5. The average Bonchev–Trinajstić information content (AvgIpc) is 3.35. The summed E-state index contributed by atoms with van der Waals surface area (Å²) in [5, 5.41) is 9.74. The summed E-state index contributed by atoms with van der Waals surface area (Å²) in [5.74, 6) is 0. The zero-order valence-electron chi connectivity index (χ0n) is 14.8. The summed E-state index contributed by atoms with van der Waals surface area (Å²) in [5.41, 5.74) is 3.55. The third-order valence-corrected chi connectivity index (χ3v) is 4.87. The lowest BCUT2D eigenvalue weighted by atomic mass is 10.3. The van der Waals surface area contributed by atoms with Crippen molar-refractivity contribution in [1.29, 1.82) is 0 Å². The lowest BCUT2D eigenvalue weighted by molar-refractivity contribution is 1.06. The van der Waals surface area contributed by atoms with Crippen LogP contribution in [0.5, 0.6) is 0 Å². The molecule has 0 saturated carbocycles. The first kappa shape index (κ1) is 18.3. The zero-order valence-corrected chi connectivity index (χ0v) is 16.3. The number of hydrogen-bond donors (Lipinski definition) is 0. The van der Waals surface area contributed by atoms with Crippen molar-refractivity contribution >= 4 is 35.6 Å². The molecule has 0 spiro atoms. The topological polar surface area (TPSA) is 34.6 Å². The molecule has 2 aromatic carbocycles. The molecule has 0 fully saturated rings. The molecule has 4 rings (SSSR count). The summed E-state index contributed by atoms with van der Waals surface area (Å²) in [4.78, 5) is 0. The highest BCUT2D eigenvalue weighted by Gasteiger charge is 2.06. The van der Waals surface area contributed by atoms with Crippen molar-refractivity contribution in [2.24, 2.45) is 10.2 Å². The number of aromatic nitrogens is 2. The minimum atomic E-state index is 0.675. The number of halogens is 2. The van der Waals surface area contributed by atoms with Crippen molar-refractivity contribution in [3.63, 3.8) is 0 Å². The van der Waals surface area contributed by atoms with Gasteiger partial charge in [0.1, 0.15) is 0 Å². The van der Waals surface area contributed by atoms with E-state index in [-0.39, 0.29) is 0 Å². The summed E-state index contributed by atoms with van der Waals surface area (Å²) in [6, 6.07) is 23.1. The van der Waals surface area contributed by atoms with Crippen LogP contribution in [-0.2, 0) is 0 Å². The Morgan fingerprint density at radius 2 is 1.00 bits per heavy atom. The maximum atomic E-state index is 6.30. The first-order valence-electron chi connectivity index (χ1n) is 8.65. The molecule has 0 saturated heterocycles. The molecule has 4 nitrogen and oxygen atoms in total. The molecular weight excluding hydrogens is 391 g/mol. The minimum absolute atomic E-state index is 0.675. The minimum Gasteiger partial charge on any atom is -0.314 e. The second-order valence-corrected chi connectivity index (χ2v) is 6.81. The van der Waals surface area contributed by atoms with Gasteiger partial charge in [-0.15, -0.1) is 0 Å². The van der Waals surface area contributed by atoms with Crippen molar-refractivity contribution in [2.75, 3.05) is 0 Å². The summed E-state index contributed by atoms with van der Waals surface area (Å²) >= 11 is 12.6. The Labute approximate surface area is 173 Å². The number of nitrogens with zero attached hydrogens (tertiary/aromatic N) is 4. The van der Waals surface area contributed by atoms with Gasteiger partial charge in [-0.3, -0.25) is 0 Å². The molecule has 0 N–H and O–H groups in total. The quantitative estimate of drug-likeness (QED) is 0.286. The van der Waals surface area contributed by atoms with Gasteiger partial charge in [0.2, 0.25) is 0 Å². The second-order valence-electron chi connectivity index (χ2n) is 6.00. The molecule has 6 heteroatoms. The van der Waals surface area contributed by atoms with Crippen LogP contribution in [0.1, 0.15) is 11.4 Å². The van der Waals surface area contributed by atoms with Crippen LogP contribution in [0, 0.1) is 0 Å². The van der Waals surface area contributed by atoms with Crippen molar-refractivity contribution in [2.45, 2.75) is 0 Å². The molecule has 0 aliphatic carbocycles. The Hall–Kier alpha value is -3.08. The number of hydrogen-bond acceptors (Lipinski definition) is 2. The van der Waals surface area contributed by atoms with Crippen molar-refractivity contribution < 1.29 is 0 Å². The van der Waals surface area contributed by atoms with E-state index in [1.807, 2.05) is 94.3 Å². The van der Waals surface area contributed by atoms with Gasteiger partial charge >= 0.3 is 0 Å². The molecular formula is C22H16Cl2N4. The third-order valence-electron chi connectivity index (χ3n) is 4.23. The van der Waals surface area contributed by atoms with Gasteiger partial charge in [0, 0.05) is 12.4 Å². The predicted molar refractivity (Wildman–Crippen MR) is 117 cm³/mol. The molecule has 28 heavy (non-hydrogen) atoms. The van der Waals surface area contributed by atoms with Crippen LogP contribution in [-0.4, -0.2) is 21.6 Å². The van der Waals surface area contributed by atoms with Crippen LogP contribution in [0.25, 0.3) is 11.4 Å². The molecule has 2 aromatic heterocycles. The lowest BCUT2D eigenvalue weighted by Crippen LogP contribution is -1.99. The first-order valence-corrected chi connectivity index (χ1v) is 9.40. The van der Waals surface area contributed by atoms with E-state index in [2.05, 4.69) is 10.2 Å². The van der Waals surface area contributed by atoms with Crippen molar-refractivity contribution in [3.05, 3.63) is 107 Å². The predicted octanol–water partition coefficient (Wildman–Crippen LogP) is 6.03. The summed E-state index contributed by atoms with van der Waals surface area (Å²) in [6.07, 6.45) is 7.27. The van der Waals surface area contributed by atoms with Crippen LogP contribution in [0.3, 0.4) is 0 Å². The Bertz CT molecular complexity index is 1060. The summed E-state index contributed by atoms with van der Waals surface area (Å²) < 4.78 is 3.93. The Kier molecular flexibility index (Phi) is 5.42. The van der Waals surface area contributed by atoms with E-state index in [1.54, 1.807) is 12.4 Å². The largest absolute Gasteiger partial charge is 0.314 e. The molecule has 0 atom stereocenters. The lowest BCUT2D eigenvalue weighted by Gasteiger charge is -2.08.